The minimum absolute atomic E-state index is 0.0884. The van der Waals surface area contributed by atoms with E-state index >= 15 is 0 Å². The van der Waals surface area contributed by atoms with Gasteiger partial charge in [-0.15, -0.1) is 0 Å². The molecule has 1 heterocycles. The molecule has 1 saturated carbocycles. The van der Waals surface area contributed by atoms with Gasteiger partial charge >= 0.3 is 0 Å². The molecule has 2 atom stereocenters. The summed E-state index contributed by atoms with van der Waals surface area (Å²) in [6, 6.07) is 10.4. The normalized spacial score (nSPS) is 27.2. The lowest BCUT2D eigenvalue weighted by Crippen LogP contribution is -2.58. The van der Waals surface area contributed by atoms with Gasteiger partial charge in [0.2, 0.25) is 0 Å². The second-order valence-electron chi connectivity index (χ2n) is 6.55. The number of rotatable bonds is 4. The van der Waals surface area contributed by atoms with Crippen molar-refractivity contribution in [1.29, 1.82) is 0 Å². The highest BCUT2D eigenvalue weighted by molar-refractivity contribution is 5.19. The van der Waals surface area contributed by atoms with Crippen molar-refractivity contribution in [2.24, 2.45) is 5.92 Å². The van der Waals surface area contributed by atoms with Crippen LogP contribution in [-0.4, -0.2) is 36.5 Å². The molecule has 21 heavy (non-hydrogen) atoms. The molecule has 2 aliphatic rings. The Balaban J connectivity index is 1.81. The van der Waals surface area contributed by atoms with E-state index < -0.39 is 5.60 Å². The molecule has 0 radical (unpaired) electrons. The van der Waals surface area contributed by atoms with Crippen molar-refractivity contribution in [1.82, 2.24) is 5.32 Å². The van der Waals surface area contributed by atoms with Gasteiger partial charge in [-0.1, -0.05) is 49.6 Å². The van der Waals surface area contributed by atoms with E-state index in [1.165, 1.54) is 24.8 Å². The van der Waals surface area contributed by atoms with Gasteiger partial charge in [-0.05, 0) is 24.3 Å². The van der Waals surface area contributed by atoms with Gasteiger partial charge in [0.1, 0.15) is 0 Å². The summed E-state index contributed by atoms with van der Waals surface area (Å²) in [5, 5.41) is 14.9. The molecule has 0 unspecified atom stereocenters. The van der Waals surface area contributed by atoms with E-state index in [0.717, 1.165) is 25.9 Å². The van der Waals surface area contributed by atoms with Gasteiger partial charge in [0.25, 0.3) is 0 Å². The molecule has 1 saturated heterocycles. The standard InChI is InChI=1S/C18H27NO2/c20-18(16-9-5-2-6-10-16,17-14-19-11-12-21-17)13-15-7-3-1-4-8-15/h1,3-4,7-8,16-17,19-20H,2,5-6,9-14H2/t17-,18+/m0/s1. The Labute approximate surface area is 127 Å². The molecule has 0 spiro atoms. The zero-order chi connectivity index (χ0) is 14.5. The number of hydrogen-bond donors (Lipinski definition) is 2. The lowest BCUT2D eigenvalue weighted by atomic mass is 9.71. The Kier molecular flexibility index (Phi) is 4.94. The Morgan fingerprint density at radius 1 is 1.14 bits per heavy atom. The molecule has 0 bridgehead atoms. The van der Waals surface area contributed by atoms with Gasteiger partial charge < -0.3 is 15.2 Å². The first-order valence-corrected chi connectivity index (χ1v) is 8.37. The van der Waals surface area contributed by atoms with E-state index in [-0.39, 0.29) is 6.10 Å². The number of ether oxygens (including phenoxy) is 1. The summed E-state index contributed by atoms with van der Waals surface area (Å²) in [5.41, 5.74) is 0.467. The Bertz CT molecular complexity index is 404. The van der Waals surface area contributed by atoms with Crippen molar-refractivity contribution in [3.63, 3.8) is 0 Å². The number of morpholine rings is 1. The summed E-state index contributed by atoms with van der Waals surface area (Å²) in [5.74, 6) is 0.358. The third kappa shape index (κ3) is 3.47. The summed E-state index contributed by atoms with van der Waals surface area (Å²) in [7, 11) is 0. The van der Waals surface area contributed by atoms with Crippen molar-refractivity contribution >= 4 is 0 Å². The van der Waals surface area contributed by atoms with E-state index in [1.54, 1.807) is 0 Å². The first-order chi connectivity index (χ1) is 10.3. The molecule has 2 N–H and O–H groups in total. The quantitative estimate of drug-likeness (QED) is 0.895. The maximum Gasteiger partial charge on any atom is 0.0992 e. The Morgan fingerprint density at radius 2 is 1.90 bits per heavy atom. The molecular weight excluding hydrogens is 262 g/mol. The van der Waals surface area contributed by atoms with Crippen LogP contribution in [0.3, 0.4) is 0 Å². The number of aliphatic hydroxyl groups is 1. The lowest BCUT2D eigenvalue weighted by molar-refractivity contribution is -0.154. The minimum atomic E-state index is -0.741. The molecule has 1 aromatic carbocycles. The van der Waals surface area contributed by atoms with Crippen LogP contribution in [0.1, 0.15) is 37.7 Å². The second-order valence-corrected chi connectivity index (χ2v) is 6.55. The molecule has 1 aliphatic carbocycles. The molecule has 1 aliphatic heterocycles. The van der Waals surface area contributed by atoms with Gasteiger partial charge in [-0.25, -0.2) is 0 Å². The van der Waals surface area contributed by atoms with Crippen LogP contribution < -0.4 is 5.32 Å². The third-order valence-corrected chi connectivity index (χ3v) is 5.13. The Hall–Kier alpha value is -0.900. The summed E-state index contributed by atoms with van der Waals surface area (Å²) in [6.07, 6.45) is 6.65. The fraction of sp³-hybridized carbons (Fsp3) is 0.667. The van der Waals surface area contributed by atoms with E-state index in [2.05, 4.69) is 29.6 Å². The van der Waals surface area contributed by atoms with Crippen LogP contribution in [0, 0.1) is 5.92 Å². The average Bonchev–Trinajstić information content (AvgIpc) is 2.57. The second kappa shape index (κ2) is 6.91. The minimum Gasteiger partial charge on any atom is -0.386 e. The number of nitrogens with one attached hydrogen (secondary N) is 1. The highest BCUT2D eigenvalue weighted by atomic mass is 16.5. The van der Waals surface area contributed by atoms with Gasteiger partial charge in [-0.3, -0.25) is 0 Å². The van der Waals surface area contributed by atoms with E-state index in [1.807, 2.05) is 6.07 Å². The number of benzene rings is 1. The molecule has 3 rings (SSSR count). The zero-order valence-electron chi connectivity index (χ0n) is 12.8. The summed E-state index contributed by atoms with van der Waals surface area (Å²) >= 11 is 0. The van der Waals surface area contributed by atoms with E-state index in [0.29, 0.717) is 18.9 Å². The van der Waals surface area contributed by atoms with Crippen LogP contribution in [0.25, 0.3) is 0 Å². The molecule has 3 nitrogen and oxygen atoms in total. The van der Waals surface area contributed by atoms with Crippen molar-refractivity contribution in [3.05, 3.63) is 35.9 Å². The SMILES string of the molecule is O[C@](Cc1ccccc1)(C1CCCCC1)[C@@H]1CNCCO1. The summed E-state index contributed by atoms with van der Waals surface area (Å²) in [6.45, 7) is 2.36. The number of hydrogen-bond acceptors (Lipinski definition) is 3. The highest BCUT2D eigenvalue weighted by Crippen LogP contribution is 2.38. The zero-order valence-corrected chi connectivity index (χ0v) is 12.8. The molecule has 0 amide bonds. The molecule has 0 aromatic heterocycles. The highest BCUT2D eigenvalue weighted by Gasteiger charge is 2.45. The summed E-state index contributed by atoms with van der Waals surface area (Å²) in [4.78, 5) is 0. The Morgan fingerprint density at radius 3 is 2.57 bits per heavy atom. The van der Waals surface area contributed by atoms with Gasteiger partial charge in [0.15, 0.2) is 0 Å². The molecule has 3 heteroatoms. The predicted octanol–water partition coefficient (Wildman–Crippen LogP) is 2.53. The van der Waals surface area contributed by atoms with Crippen molar-refractivity contribution < 1.29 is 9.84 Å². The van der Waals surface area contributed by atoms with E-state index in [4.69, 9.17) is 4.74 Å². The lowest BCUT2D eigenvalue weighted by Gasteiger charge is -2.45. The third-order valence-electron chi connectivity index (χ3n) is 5.13. The van der Waals surface area contributed by atoms with Crippen LogP contribution >= 0.6 is 0 Å². The van der Waals surface area contributed by atoms with Gasteiger partial charge in [0, 0.05) is 19.5 Å². The largest absolute Gasteiger partial charge is 0.386 e. The maximum absolute atomic E-state index is 11.5. The van der Waals surface area contributed by atoms with E-state index in [9.17, 15) is 5.11 Å². The van der Waals surface area contributed by atoms with Crippen molar-refractivity contribution in [2.45, 2.75) is 50.2 Å². The topological polar surface area (TPSA) is 41.5 Å². The van der Waals surface area contributed by atoms with Crippen LogP contribution in [0.5, 0.6) is 0 Å². The van der Waals surface area contributed by atoms with Crippen LogP contribution in [0.4, 0.5) is 0 Å². The fourth-order valence-electron chi connectivity index (χ4n) is 3.93. The first kappa shape index (κ1) is 15.0. The summed E-state index contributed by atoms with van der Waals surface area (Å²) < 4.78 is 5.96. The molecule has 116 valence electrons. The predicted molar refractivity (Wildman–Crippen MR) is 84.3 cm³/mol. The average molecular weight is 289 g/mol. The van der Waals surface area contributed by atoms with Crippen LogP contribution in [0.15, 0.2) is 30.3 Å². The fourth-order valence-corrected chi connectivity index (χ4v) is 3.93. The molecule has 2 fully saturated rings. The molecular formula is C18H27NO2. The monoisotopic (exact) mass is 289 g/mol. The smallest absolute Gasteiger partial charge is 0.0992 e. The first-order valence-electron chi connectivity index (χ1n) is 8.37. The maximum atomic E-state index is 11.5. The van der Waals surface area contributed by atoms with Crippen molar-refractivity contribution in [3.8, 4) is 0 Å². The van der Waals surface area contributed by atoms with Crippen LogP contribution in [-0.2, 0) is 11.2 Å². The van der Waals surface area contributed by atoms with Gasteiger partial charge in [-0.2, -0.15) is 0 Å². The molecule has 1 aromatic rings. The van der Waals surface area contributed by atoms with Crippen LogP contribution in [0.2, 0.25) is 0 Å². The van der Waals surface area contributed by atoms with Crippen molar-refractivity contribution in [2.75, 3.05) is 19.7 Å². The van der Waals surface area contributed by atoms with Gasteiger partial charge in [0.05, 0.1) is 18.3 Å².